The summed E-state index contributed by atoms with van der Waals surface area (Å²) in [6, 6.07) is 19.4. The summed E-state index contributed by atoms with van der Waals surface area (Å²) in [5.74, 6) is 3.39. The van der Waals surface area contributed by atoms with Gasteiger partial charge in [-0.25, -0.2) is 0 Å². The van der Waals surface area contributed by atoms with Gasteiger partial charge in [-0.2, -0.15) is 11.8 Å². The molecule has 1 aliphatic rings. The average Bonchev–Trinajstić information content (AvgIpc) is 2.79. The van der Waals surface area contributed by atoms with Crippen molar-refractivity contribution in [1.82, 2.24) is 10.2 Å². The first-order chi connectivity index (χ1) is 14.9. The molecule has 2 aromatic carbocycles. The zero-order valence-electron chi connectivity index (χ0n) is 18.4. The molecule has 0 radical (unpaired) electrons. The molecule has 0 bridgehead atoms. The van der Waals surface area contributed by atoms with E-state index in [2.05, 4.69) is 64.8 Å². The Kier molecular flexibility index (Phi) is 11.2. The number of ether oxygens (including phenoxy) is 1. The Balaban J connectivity index is 1.16. The summed E-state index contributed by atoms with van der Waals surface area (Å²) in [6.07, 6.45) is 7.66. The van der Waals surface area contributed by atoms with Crippen LogP contribution in [-0.2, 0) is 12.3 Å². The van der Waals surface area contributed by atoms with Crippen molar-refractivity contribution < 1.29 is 4.74 Å². The SMILES string of the molecule is c1ccc(CSCCCCNCCCOc2cccc(CN3CCCCC3)c2)cc1. The Hall–Kier alpha value is -1.49. The maximum Gasteiger partial charge on any atom is 0.119 e. The number of likely N-dealkylation sites (tertiary alicyclic amines) is 1. The summed E-state index contributed by atoms with van der Waals surface area (Å²) in [5.41, 5.74) is 2.80. The molecule has 0 aliphatic carbocycles. The van der Waals surface area contributed by atoms with Crippen LogP contribution < -0.4 is 10.1 Å². The van der Waals surface area contributed by atoms with Gasteiger partial charge >= 0.3 is 0 Å². The number of benzene rings is 2. The molecule has 30 heavy (non-hydrogen) atoms. The molecular formula is C26H38N2OS. The van der Waals surface area contributed by atoms with Gasteiger partial charge in [-0.3, -0.25) is 4.90 Å². The van der Waals surface area contributed by atoms with Crippen LogP contribution in [0.5, 0.6) is 5.75 Å². The Morgan fingerprint density at radius 3 is 2.50 bits per heavy atom. The molecule has 4 heteroatoms. The van der Waals surface area contributed by atoms with E-state index in [4.69, 9.17) is 4.74 Å². The van der Waals surface area contributed by atoms with Crippen LogP contribution in [0.25, 0.3) is 0 Å². The predicted molar refractivity (Wildman–Crippen MR) is 130 cm³/mol. The number of hydrogen-bond acceptors (Lipinski definition) is 4. The van der Waals surface area contributed by atoms with E-state index < -0.39 is 0 Å². The van der Waals surface area contributed by atoms with E-state index in [1.165, 1.54) is 62.1 Å². The van der Waals surface area contributed by atoms with E-state index >= 15 is 0 Å². The standard InChI is InChI=1S/C26H38N2OS/c1-3-11-24(12-4-1)23-30-20-8-5-15-27-16-10-19-29-26-14-9-13-25(21-26)22-28-17-6-2-7-18-28/h1,3-4,9,11-14,21,27H,2,5-8,10,15-20,22-23H2. The normalized spacial score (nSPS) is 14.7. The maximum atomic E-state index is 5.98. The first-order valence-electron chi connectivity index (χ1n) is 11.7. The molecule has 1 N–H and O–H groups in total. The van der Waals surface area contributed by atoms with Gasteiger partial charge in [0.2, 0.25) is 0 Å². The van der Waals surface area contributed by atoms with E-state index in [0.717, 1.165) is 44.2 Å². The van der Waals surface area contributed by atoms with E-state index in [1.54, 1.807) is 0 Å². The second kappa shape index (κ2) is 14.5. The topological polar surface area (TPSA) is 24.5 Å². The summed E-state index contributed by atoms with van der Waals surface area (Å²) in [6.45, 7) is 6.46. The highest BCUT2D eigenvalue weighted by Gasteiger charge is 2.10. The van der Waals surface area contributed by atoms with Gasteiger partial charge in [-0.1, -0.05) is 48.9 Å². The molecule has 0 saturated carbocycles. The monoisotopic (exact) mass is 426 g/mol. The highest BCUT2D eigenvalue weighted by Crippen LogP contribution is 2.18. The van der Waals surface area contributed by atoms with Crippen molar-refractivity contribution in [2.24, 2.45) is 0 Å². The van der Waals surface area contributed by atoms with Gasteiger partial charge in [0.25, 0.3) is 0 Å². The van der Waals surface area contributed by atoms with Crippen molar-refractivity contribution in [3.63, 3.8) is 0 Å². The highest BCUT2D eigenvalue weighted by atomic mass is 32.2. The number of unbranched alkanes of at least 4 members (excludes halogenated alkanes) is 1. The second-order valence-corrected chi connectivity index (χ2v) is 9.29. The van der Waals surface area contributed by atoms with Gasteiger partial charge in [-0.15, -0.1) is 0 Å². The minimum atomic E-state index is 0.785. The lowest BCUT2D eigenvalue weighted by Gasteiger charge is -2.26. The number of nitrogens with zero attached hydrogens (tertiary/aromatic N) is 1. The molecule has 0 unspecified atom stereocenters. The zero-order valence-corrected chi connectivity index (χ0v) is 19.2. The summed E-state index contributed by atoms with van der Waals surface area (Å²) in [4.78, 5) is 2.56. The summed E-state index contributed by atoms with van der Waals surface area (Å²) in [7, 11) is 0. The van der Waals surface area contributed by atoms with Crippen LogP contribution in [0.3, 0.4) is 0 Å². The fourth-order valence-corrected chi connectivity index (χ4v) is 4.82. The van der Waals surface area contributed by atoms with E-state index in [0.29, 0.717) is 0 Å². The lowest BCUT2D eigenvalue weighted by molar-refractivity contribution is 0.220. The molecule has 1 fully saturated rings. The lowest BCUT2D eigenvalue weighted by atomic mass is 10.1. The fourth-order valence-electron chi connectivity index (χ4n) is 3.84. The third kappa shape index (κ3) is 9.55. The van der Waals surface area contributed by atoms with Crippen molar-refractivity contribution in [2.45, 2.75) is 50.8 Å². The Labute approximate surface area is 187 Å². The van der Waals surface area contributed by atoms with Crippen molar-refractivity contribution >= 4 is 11.8 Å². The average molecular weight is 427 g/mol. The van der Waals surface area contributed by atoms with Crippen LogP contribution in [-0.4, -0.2) is 43.4 Å². The van der Waals surface area contributed by atoms with Gasteiger partial charge < -0.3 is 10.1 Å². The van der Waals surface area contributed by atoms with Gasteiger partial charge in [0.15, 0.2) is 0 Å². The van der Waals surface area contributed by atoms with Crippen molar-refractivity contribution in [2.75, 3.05) is 38.5 Å². The van der Waals surface area contributed by atoms with Crippen LogP contribution in [0.15, 0.2) is 54.6 Å². The van der Waals surface area contributed by atoms with Gasteiger partial charge in [0, 0.05) is 12.3 Å². The molecule has 0 atom stereocenters. The molecule has 164 valence electrons. The molecule has 1 aliphatic heterocycles. The Morgan fingerprint density at radius 1 is 0.833 bits per heavy atom. The third-order valence-corrected chi connectivity index (χ3v) is 6.64. The minimum absolute atomic E-state index is 0.785. The van der Waals surface area contributed by atoms with Crippen molar-refractivity contribution in [3.8, 4) is 5.75 Å². The summed E-state index contributed by atoms with van der Waals surface area (Å²) < 4.78 is 5.98. The molecule has 0 spiro atoms. The van der Waals surface area contributed by atoms with Crippen molar-refractivity contribution in [3.05, 3.63) is 65.7 Å². The van der Waals surface area contributed by atoms with Crippen LogP contribution in [0.4, 0.5) is 0 Å². The molecule has 0 aromatic heterocycles. The molecule has 3 rings (SSSR count). The van der Waals surface area contributed by atoms with Crippen LogP contribution in [0.2, 0.25) is 0 Å². The number of hydrogen-bond donors (Lipinski definition) is 1. The van der Waals surface area contributed by atoms with Crippen LogP contribution >= 0.6 is 11.8 Å². The number of rotatable bonds is 14. The van der Waals surface area contributed by atoms with E-state index in [-0.39, 0.29) is 0 Å². The number of nitrogens with one attached hydrogen (secondary N) is 1. The number of thioether (sulfide) groups is 1. The fraction of sp³-hybridized carbons (Fsp3) is 0.538. The highest BCUT2D eigenvalue weighted by molar-refractivity contribution is 7.98. The predicted octanol–water partition coefficient (Wildman–Crippen LogP) is 5.74. The maximum absolute atomic E-state index is 5.98. The first-order valence-corrected chi connectivity index (χ1v) is 12.8. The number of piperidine rings is 1. The largest absolute Gasteiger partial charge is 0.494 e. The molecule has 0 amide bonds. The zero-order chi connectivity index (χ0) is 20.7. The Morgan fingerprint density at radius 2 is 1.63 bits per heavy atom. The van der Waals surface area contributed by atoms with Gasteiger partial charge in [0.05, 0.1) is 6.61 Å². The molecule has 2 aromatic rings. The first kappa shape index (κ1) is 23.2. The smallest absolute Gasteiger partial charge is 0.119 e. The van der Waals surface area contributed by atoms with Crippen molar-refractivity contribution in [1.29, 1.82) is 0 Å². The summed E-state index contributed by atoms with van der Waals surface area (Å²) >= 11 is 2.04. The van der Waals surface area contributed by atoms with E-state index in [1.807, 2.05) is 11.8 Å². The van der Waals surface area contributed by atoms with Gasteiger partial charge in [-0.05, 0) is 87.3 Å². The summed E-state index contributed by atoms with van der Waals surface area (Å²) in [5, 5.41) is 3.55. The molecule has 3 nitrogen and oxygen atoms in total. The third-order valence-electron chi connectivity index (χ3n) is 5.52. The van der Waals surface area contributed by atoms with Gasteiger partial charge in [0.1, 0.15) is 5.75 Å². The molecular weight excluding hydrogens is 388 g/mol. The van der Waals surface area contributed by atoms with Crippen LogP contribution in [0.1, 0.15) is 49.7 Å². The Bertz CT molecular complexity index is 688. The lowest BCUT2D eigenvalue weighted by Crippen LogP contribution is -2.29. The minimum Gasteiger partial charge on any atom is -0.494 e. The molecule has 1 heterocycles. The second-order valence-electron chi connectivity index (χ2n) is 8.18. The van der Waals surface area contributed by atoms with E-state index in [9.17, 15) is 0 Å². The van der Waals surface area contributed by atoms with Crippen LogP contribution in [0, 0.1) is 0 Å². The molecule has 1 saturated heterocycles. The quantitative estimate of drug-likeness (QED) is 0.389.